The number of nitrogens with one attached hydrogen (secondary N) is 6. The molecule has 0 spiro atoms. The number of alkyl carbamates (subject to hydrolysis) is 2. The predicted octanol–water partition coefficient (Wildman–Crippen LogP) is 9.63. The van der Waals surface area contributed by atoms with Gasteiger partial charge in [-0.25, -0.2) is 28.8 Å². The zero-order valence-corrected chi connectivity index (χ0v) is 74.7. The minimum atomic E-state index is -1.06. The van der Waals surface area contributed by atoms with Crippen LogP contribution in [0.1, 0.15) is 258 Å². The van der Waals surface area contributed by atoms with E-state index in [1.807, 2.05) is 154 Å². The monoisotopic (exact) mass is 1650 g/mol. The van der Waals surface area contributed by atoms with Crippen LogP contribution < -0.4 is 72.9 Å². The van der Waals surface area contributed by atoms with Crippen molar-refractivity contribution >= 4 is 80.9 Å². The molecule has 0 aromatic heterocycles. The van der Waals surface area contributed by atoms with Crippen LogP contribution in [0.25, 0.3) is 0 Å². The van der Waals surface area contributed by atoms with Gasteiger partial charge in [-0.1, -0.05) is 150 Å². The number of benzene rings is 4. The third-order valence-electron chi connectivity index (χ3n) is 18.7. The molecule has 4 unspecified atom stereocenters. The van der Waals surface area contributed by atoms with Crippen molar-refractivity contribution in [3.05, 3.63) is 142 Å². The molecule has 3 radical (unpaired) electrons. The van der Waals surface area contributed by atoms with E-state index in [-0.39, 0.29) is 149 Å². The summed E-state index contributed by atoms with van der Waals surface area (Å²) in [4.78, 5) is 120. The molecule has 0 saturated carbocycles. The van der Waals surface area contributed by atoms with Crippen LogP contribution in [0.15, 0.2) is 97.1 Å². The second-order valence-electron chi connectivity index (χ2n) is 33.7. The van der Waals surface area contributed by atoms with E-state index in [1.54, 1.807) is 41.5 Å². The summed E-state index contributed by atoms with van der Waals surface area (Å²) in [6.07, 6.45) is 8.32. The third kappa shape index (κ3) is 41.5. The number of nitrogens with two attached hydrogens (primary N) is 2. The Balaban J connectivity index is 0.00000145. The van der Waals surface area contributed by atoms with Crippen LogP contribution in [-0.2, 0) is 87.6 Å². The Labute approximate surface area is 719 Å². The summed E-state index contributed by atoms with van der Waals surface area (Å²) >= 11 is 0. The average Bonchev–Trinajstić information content (AvgIpc) is 0.836. The van der Waals surface area contributed by atoms with Crippen molar-refractivity contribution in [2.45, 2.75) is 284 Å². The quantitative estimate of drug-likeness (QED) is 0.0371. The van der Waals surface area contributed by atoms with E-state index in [9.17, 15) is 58.2 Å². The molecule has 0 aliphatic carbocycles. The second kappa shape index (κ2) is 51.5. The Morgan fingerprint density at radius 1 is 0.422 bits per heavy atom. The molecule has 0 fully saturated rings. The van der Waals surface area contributed by atoms with E-state index in [2.05, 4.69) is 48.8 Å². The molecule has 27 nitrogen and oxygen atoms in total. The van der Waals surface area contributed by atoms with E-state index >= 15 is 0 Å². The maximum atomic E-state index is 12.5. The zero-order chi connectivity index (χ0) is 84.6. The minimum absolute atomic E-state index is 0. The van der Waals surface area contributed by atoms with Crippen LogP contribution in [0.5, 0.6) is 0 Å². The SMILES string of the molecule is CC(C)(C)OC(=O)OC(=O)OC(C)(C)C.COC(=O)C1Cc2cccc(c2)[C@@H](N)CCC[C@@H](C)C(=O)N1.COC(=O)C1Cc2cccc(c2)[C@@H](NC(=O)OC(C)(C)C)CCC[C@@H](C)C(=O)N1.C[C@@H]1CCC[C@H](N)c2cccc(c2)CC(CO)NC1=O.C[C@@H]1CCC[C@H](NC(=O)OC(C)(C)C)c2cccc(c2)CC(CO)NC1=O.Cl.[B].[H-].[Na+]. The number of ether oxygens (including phenoxy) is 7. The number of rotatable bonds is 6. The van der Waals surface area contributed by atoms with Gasteiger partial charge in [0.05, 0.1) is 51.6 Å². The van der Waals surface area contributed by atoms with Crippen molar-refractivity contribution in [3.8, 4) is 0 Å². The van der Waals surface area contributed by atoms with E-state index in [0.29, 0.717) is 38.5 Å². The van der Waals surface area contributed by atoms with Crippen LogP contribution in [0.2, 0.25) is 0 Å². The second-order valence-corrected chi connectivity index (χ2v) is 33.7. The molecular formula is C86H132BClN8NaO19. The molecule has 116 heavy (non-hydrogen) atoms. The number of aliphatic hydroxyl groups excluding tert-OH is 2. The molecule has 12 N–H and O–H groups in total. The summed E-state index contributed by atoms with van der Waals surface area (Å²) in [5, 5.41) is 36.5. The topological polar surface area (TPSA) is 400 Å². The van der Waals surface area contributed by atoms with Crippen molar-refractivity contribution in [1.29, 1.82) is 0 Å². The summed E-state index contributed by atoms with van der Waals surface area (Å²) in [6, 6.07) is 29.3. The summed E-state index contributed by atoms with van der Waals surface area (Å²) in [5.41, 5.74) is 18.0. The summed E-state index contributed by atoms with van der Waals surface area (Å²) in [6.45, 7) is 28.4. The Hall–Kier alpha value is -7.83. The van der Waals surface area contributed by atoms with Crippen molar-refractivity contribution in [2.75, 3.05) is 27.4 Å². The number of esters is 2. The van der Waals surface area contributed by atoms with Crippen LogP contribution in [0.3, 0.4) is 0 Å². The van der Waals surface area contributed by atoms with Gasteiger partial charge in [0, 0.05) is 57.0 Å². The Bertz CT molecular complexity index is 3740. The number of halogens is 1. The van der Waals surface area contributed by atoms with Gasteiger partial charge in [0.15, 0.2) is 0 Å². The number of methoxy groups -OCH3 is 2. The molecule has 12 atom stereocenters. The van der Waals surface area contributed by atoms with Crippen LogP contribution >= 0.6 is 12.4 Å². The normalized spacial score (nSPS) is 22.8. The number of aliphatic hydroxyl groups is 2. The van der Waals surface area contributed by atoms with Gasteiger partial charge in [-0.15, -0.1) is 12.4 Å². The zero-order valence-electron chi connectivity index (χ0n) is 72.9. The molecule has 4 aliphatic rings. The Kier molecular flexibility index (Phi) is 47.1. The summed E-state index contributed by atoms with van der Waals surface area (Å²) in [5.74, 6) is -1.76. The summed E-state index contributed by atoms with van der Waals surface area (Å²) < 4.78 is 34.3. The molecule has 0 saturated heterocycles. The number of hydrogen-bond donors (Lipinski definition) is 10. The first-order valence-corrected chi connectivity index (χ1v) is 39.4. The predicted molar refractivity (Wildman–Crippen MR) is 444 cm³/mol. The number of amides is 6. The molecule has 30 heteroatoms. The first-order valence-electron chi connectivity index (χ1n) is 39.4. The maximum Gasteiger partial charge on any atom is 1.00 e. The number of carbonyl (C=O) groups excluding carboxylic acids is 10. The summed E-state index contributed by atoms with van der Waals surface area (Å²) in [7, 11) is 2.64. The number of hydrogen-bond acceptors (Lipinski definition) is 21. The van der Waals surface area contributed by atoms with Gasteiger partial charge < -0.3 is 88.2 Å². The number of fused-ring (bicyclic) bond motifs is 8. The van der Waals surface area contributed by atoms with Crippen molar-refractivity contribution < 1.29 is 122 Å². The van der Waals surface area contributed by atoms with Crippen molar-refractivity contribution in [2.24, 2.45) is 35.1 Å². The van der Waals surface area contributed by atoms with Gasteiger partial charge >= 0.3 is 66.0 Å². The number of carbonyl (C=O) groups is 10. The molecule has 4 aliphatic heterocycles. The van der Waals surface area contributed by atoms with Gasteiger partial charge in [0.1, 0.15) is 34.5 Å². The molecule has 641 valence electrons. The van der Waals surface area contributed by atoms with Crippen LogP contribution in [-0.4, -0.2) is 153 Å². The smallest absolute Gasteiger partial charge is 1.00 e. The van der Waals surface area contributed by atoms with Gasteiger partial charge in [-0.05, 0) is 192 Å². The molecule has 6 amide bonds. The Morgan fingerprint density at radius 3 is 0.974 bits per heavy atom. The molecule has 4 heterocycles. The molecule has 8 bridgehead atoms. The van der Waals surface area contributed by atoms with Gasteiger partial charge in [0.25, 0.3) is 0 Å². The first-order chi connectivity index (χ1) is 52.9. The molecular weight excluding hydrogens is 1520 g/mol. The fourth-order valence-electron chi connectivity index (χ4n) is 12.7. The molecule has 4 aromatic carbocycles. The average molecular weight is 1650 g/mol. The fourth-order valence-corrected chi connectivity index (χ4v) is 12.7. The van der Waals surface area contributed by atoms with E-state index in [4.69, 9.17) is 39.9 Å². The molecule has 8 rings (SSSR count). The van der Waals surface area contributed by atoms with Gasteiger partial charge in [-0.3, -0.25) is 19.2 Å². The third-order valence-corrected chi connectivity index (χ3v) is 18.7. The van der Waals surface area contributed by atoms with E-state index < -0.39 is 70.9 Å². The maximum absolute atomic E-state index is 12.5. The van der Waals surface area contributed by atoms with Crippen LogP contribution in [0, 0.1) is 23.7 Å². The largest absolute Gasteiger partial charge is 1.00 e. The van der Waals surface area contributed by atoms with Gasteiger partial charge in [-0.2, -0.15) is 0 Å². The molecule has 4 aromatic rings. The van der Waals surface area contributed by atoms with Gasteiger partial charge in [0.2, 0.25) is 23.6 Å². The van der Waals surface area contributed by atoms with Crippen molar-refractivity contribution in [1.82, 2.24) is 31.9 Å². The van der Waals surface area contributed by atoms with Crippen molar-refractivity contribution in [3.63, 3.8) is 0 Å². The standard InChI is InChI=1S/C22H32N2O5.C21H32N2O4.C17H24N2O3.C16H24N2O2.C10H18O5.B.ClH.Na.H/c1-14-8-6-11-17(24-21(27)29-22(2,3)4)16-10-7-9-15(12-16)13-18(20(26)28-5)23-19(14)25;1-14-7-5-10-18(23-20(26)27-21(2,3)4)16-9-6-8-15(11-16)12-17(13-24)22-19(14)25;1-11-5-3-8-14(18)13-7-4-6-12(9-13)10-15(17(21)22-2)19-16(11)20;1-11-4-2-7-15(17)13-6-3-5-12(8-13)9-14(10-19)18-16(11)20;1-9(2,3)14-7(11)13-8(12)15-10(4,5)6;;;;/h7,9-10,12,14,17-18H,6,8,11,13H2,1-5H3,(H,23,25)(H,24,27);6,8-9,11,14,17-18,24H,5,7,10,12-13H2,1-4H3,(H,22,25)(H,23,26);4,6-7,9,11,14-15H,3,5,8,10,18H2,1-2H3,(H,19,20);3,5-6,8,11,14-15,19H,2,4,7,9-10,17H2,1H3,(H,18,20);1-6H3;;1H;;/q;;;;;;;+1;-1/t14-,17+,18?;14-,17?,18+;11-,14+,15?;11-,14?,15+;;;;;/m1111...../s1. The first kappa shape index (κ1) is 106. The van der Waals surface area contributed by atoms with Crippen LogP contribution in [0.4, 0.5) is 19.2 Å². The van der Waals surface area contributed by atoms with E-state index in [1.165, 1.54) is 14.2 Å². The van der Waals surface area contributed by atoms with E-state index in [0.717, 1.165) is 109 Å². The Morgan fingerprint density at radius 2 is 0.690 bits per heavy atom. The fraction of sp³-hybridized carbons (Fsp3) is 0.605. The minimum Gasteiger partial charge on any atom is -1.00 e.